The zero-order chi connectivity index (χ0) is 21.5. The van der Waals surface area contributed by atoms with Gasteiger partial charge in [0, 0.05) is 12.0 Å². The summed E-state index contributed by atoms with van der Waals surface area (Å²) in [5, 5.41) is 7.39. The third-order valence-corrected chi connectivity index (χ3v) is 4.99. The molecule has 2 aromatic carbocycles. The Hall–Kier alpha value is -2.58. The van der Waals surface area contributed by atoms with E-state index in [4.69, 9.17) is 33.3 Å². The molecule has 1 aromatic heterocycles. The van der Waals surface area contributed by atoms with E-state index < -0.39 is 0 Å². The smallest absolute Gasteiger partial charge is 0.214 e. The van der Waals surface area contributed by atoms with Gasteiger partial charge in [-0.3, -0.25) is 5.10 Å². The number of halogens is 2. The fraction of sp³-hybridized carbons (Fsp3) is 0.333. The zero-order valence-electron chi connectivity index (χ0n) is 16.9. The molecule has 0 saturated heterocycles. The van der Waals surface area contributed by atoms with Crippen LogP contribution in [0.4, 0.5) is 4.39 Å². The lowest BCUT2D eigenvalue weighted by atomic mass is 10.2. The monoisotopic (exact) mass is 450 g/mol. The van der Waals surface area contributed by atoms with Crippen molar-refractivity contribution in [2.24, 2.45) is 0 Å². The number of rotatable bonds is 10. The SMILES string of the molecule is CCCc1n[nH]c(=S)n1NCc1ccc(OCc2ccc(F)cc2Cl)c(OCC)c1. The zero-order valence-corrected chi connectivity index (χ0v) is 18.4. The lowest BCUT2D eigenvalue weighted by Gasteiger charge is -2.15. The van der Waals surface area contributed by atoms with Gasteiger partial charge in [-0.25, -0.2) is 9.07 Å². The van der Waals surface area contributed by atoms with E-state index in [1.807, 2.05) is 25.1 Å². The van der Waals surface area contributed by atoms with Gasteiger partial charge in [-0.2, -0.15) is 5.10 Å². The molecule has 0 radical (unpaired) electrons. The highest BCUT2D eigenvalue weighted by atomic mass is 35.5. The van der Waals surface area contributed by atoms with Crippen LogP contribution < -0.4 is 14.9 Å². The molecule has 0 aliphatic rings. The quantitative estimate of drug-likeness (QED) is 0.404. The Morgan fingerprint density at radius 2 is 2.00 bits per heavy atom. The average molecular weight is 451 g/mol. The number of ether oxygens (including phenoxy) is 2. The van der Waals surface area contributed by atoms with Crippen LogP contribution in [0.25, 0.3) is 0 Å². The minimum atomic E-state index is -0.379. The number of hydrogen-bond acceptors (Lipinski definition) is 5. The molecule has 0 saturated carbocycles. The number of aryl methyl sites for hydroxylation is 1. The first-order chi connectivity index (χ1) is 14.5. The topological polar surface area (TPSA) is 64.1 Å². The van der Waals surface area contributed by atoms with Crippen molar-refractivity contribution in [2.45, 2.75) is 39.8 Å². The average Bonchev–Trinajstić information content (AvgIpc) is 3.06. The normalized spacial score (nSPS) is 10.8. The molecule has 3 aromatic rings. The second kappa shape index (κ2) is 10.4. The number of H-pyrrole nitrogens is 1. The van der Waals surface area contributed by atoms with Gasteiger partial charge in [0.25, 0.3) is 0 Å². The predicted molar refractivity (Wildman–Crippen MR) is 118 cm³/mol. The van der Waals surface area contributed by atoms with Crippen LogP contribution >= 0.6 is 23.8 Å². The highest BCUT2D eigenvalue weighted by Crippen LogP contribution is 2.30. The summed E-state index contributed by atoms with van der Waals surface area (Å²) in [5.41, 5.74) is 4.99. The molecule has 9 heteroatoms. The van der Waals surface area contributed by atoms with Crippen molar-refractivity contribution < 1.29 is 13.9 Å². The molecule has 2 N–H and O–H groups in total. The van der Waals surface area contributed by atoms with Crippen LogP contribution in [0.1, 0.15) is 37.2 Å². The minimum absolute atomic E-state index is 0.210. The largest absolute Gasteiger partial charge is 0.490 e. The van der Waals surface area contributed by atoms with E-state index in [-0.39, 0.29) is 12.4 Å². The van der Waals surface area contributed by atoms with Crippen molar-refractivity contribution in [3.8, 4) is 11.5 Å². The van der Waals surface area contributed by atoms with Crippen molar-refractivity contribution in [3.63, 3.8) is 0 Å². The van der Waals surface area contributed by atoms with Crippen LogP contribution in [0, 0.1) is 10.6 Å². The lowest BCUT2D eigenvalue weighted by molar-refractivity contribution is 0.269. The Bertz CT molecular complexity index is 1050. The molecule has 0 aliphatic heterocycles. The van der Waals surface area contributed by atoms with Crippen molar-refractivity contribution >= 4 is 23.8 Å². The van der Waals surface area contributed by atoms with E-state index in [9.17, 15) is 4.39 Å². The van der Waals surface area contributed by atoms with Crippen molar-refractivity contribution in [1.29, 1.82) is 0 Å². The van der Waals surface area contributed by atoms with E-state index in [1.165, 1.54) is 12.1 Å². The highest BCUT2D eigenvalue weighted by Gasteiger charge is 2.10. The molecule has 30 heavy (non-hydrogen) atoms. The number of nitrogens with one attached hydrogen (secondary N) is 2. The van der Waals surface area contributed by atoms with Gasteiger partial charge in [-0.05, 0) is 55.4 Å². The van der Waals surface area contributed by atoms with Crippen molar-refractivity contribution in [2.75, 3.05) is 12.0 Å². The van der Waals surface area contributed by atoms with E-state index in [1.54, 1.807) is 10.7 Å². The van der Waals surface area contributed by atoms with Crippen LogP contribution in [0.15, 0.2) is 36.4 Å². The van der Waals surface area contributed by atoms with Gasteiger partial charge in [0.1, 0.15) is 12.4 Å². The fourth-order valence-electron chi connectivity index (χ4n) is 2.90. The summed E-state index contributed by atoms with van der Waals surface area (Å²) in [5.74, 6) is 1.70. The van der Waals surface area contributed by atoms with E-state index in [2.05, 4.69) is 22.5 Å². The van der Waals surface area contributed by atoms with Crippen LogP contribution in [0.3, 0.4) is 0 Å². The fourth-order valence-corrected chi connectivity index (χ4v) is 3.34. The van der Waals surface area contributed by atoms with Crippen molar-refractivity contribution in [1.82, 2.24) is 14.9 Å². The summed E-state index contributed by atoms with van der Waals surface area (Å²) < 4.78 is 27.2. The molecule has 0 amide bonds. The Balaban J connectivity index is 1.71. The molecular weight excluding hydrogens is 427 g/mol. The Labute approximate surface area is 185 Å². The maximum Gasteiger partial charge on any atom is 0.214 e. The van der Waals surface area contributed by atoms with Crippen LogP contribution in [-0.2, 0) is 19.6 Å². The van der Waals surface area contributed by atoms with Crippen LogP contribution in [0.5, 0.6) is 11.5 Å². The van der Waals surface area contributed by atoms with Gasteiger partial charge in [0.15, 0.2) is 17.3 Å². The molecular formula is C21H24ClFN4O2S. The summed E-state index contributed by atoms with van der Waals surface area (Å²) in [6.45, 7) is 5.25. The molecule has 6 nitrogen and oxygen atoms in total. The van der Waals surface area contributed by atoms with E-state index in [0.717, 1.165) is 24.2 Å². The summed E-state index contributed by atoms with van der Waals surface area (Å²) in [7, 11) is 0. The summed E-state index contributed by atoms with van der Waals surface area (Å²) in [6.07, 6.45) is 1.79. The second-order valence-electron chi connectivity index (χ2n) is 6.60. The summed E-state index contributed by atoms with van der Waals surface area (Å²) in [6, 6.07) is 9.95. The number of nitrogens with zero attached hydrogens (tertiary/aromatic N) is 2. The van der Waals surface area contributed by atoms with Gasteiger partial charge in [-0.1, -0.05) is 30.7 Å². The van der Waals surface area contributed by atoms with Gasteiger partial charge in [0.05, 0.1) is 18.2 Å². The third kappa shape index (κ3) is 5.52. The number of aromatic nitrogens is 3. The Morgan fingerprint density at radius 1 is 1.17 bits per heavy atom. The Morgan fingerprint density at radius 3 is 2.73 bits per heavy atom. The molecule has 0 fully saturated rings. The van der Waals surface area contributed by atoms with E-state index in [0.29, 0.717) is 40.0 Å². The van der Waals surface area contributed by atoms with Gasteiger partial charge in [-0.15, -0.1) is 0 Å². The first-order valence-electron chi connectivity index (χ1n) is 9.74. The molecule has 0 aliphatic carbocycles. The van der Waals surface area contributed by atoms with Gasteiger partial charge in [0.2, 0.25) is 4.77 Å². The molecule has 0 bridgehead atoms. The molecule has 1 heterocycles. The maximum atomic E-state index is 13.2. The standard InChI is InChI=1S/C21H24ClFN4O2S/c1-3-5-20-25-26-21(30)27(20)24-12-14-6-9-18(19(10-14)28-4-2)29-13-15-7-8-16(23)11-17(15)22/h6-11,24H,3-5,12-13H2,1-2H3,(H,26,30). The van der Waals surface area contributed by atoms with Crippen LogP contribution in [0.2, 0.25) is 5.02 Å². The summed E-state index contributed by atoms with van der Waals surface area (Å²) in [4.78, 5) is 0. The molecule has 3 rings (SSSR count). The van der Waals surface area contributed by atoms with Gasteiger partial charge >= 0.3 is 0 Å². The van der Waals surface area contributed by atoms with E-state index >= 15 is 0 Å². The number of hydrogen-bond donors (Lipinski definition) is 2. The van der Waals surface area contributed by atoms with Crippen molar-refractivity contribution in [3.05, 3.63) is 69.0 Å². The first-order valence-corrected chi connectivity index (χ1v) is 10.5. The van der Waals surface area contributed by atoms with Gasteiger partial charge < -0.3 is 14.9 Å². The third-order valence-electron chi connectivity index (χ3n) is 4.36. The Kier molecular flexibility index (Phi) is 7.70. The number of aromatic amines is 1. The highest BCUT2D eigenvalue weighted by molar-refractivity contribution is 7.71. The second-order valence-corrected chi connectivity index (χ2v) is 7.40. The number of benzene rings is 2. The predicted octanol–water partition coefficient (Wildman–Crippen LogP) is 5.41. The molecule has 0 spiro atoms. The molecule has 160 valence electrons. The molecule has 0 unspecified atom stereocenters. The molecule has 0 atom stereocenters. The van der Waals surface area contributed by atoms with Crippen LogP contribution in [-0.4, -0.2) is 21.5 Å². The summed E-state index contributed by atoms with van der Waals surface area (Å²) >= 11 is 11.4. The minimum Gasteiger partial charge on any atom is -0.490 e. The lowest BCUT2D eigenvalue weighted by Crippen LogP contribution is -2.17. The first kappa shape index (κ1) is 22.1. The maximum absolute atomic E-state index is 13.2.